The SMILES string of the molecule is C=C(OCCCCCCCCCCCCC)C(C)=O. The Hall–Kier alpha value is -0.790. The number of carbonyl (C=O) groups is 1. The molecule has 112 valence electrons. The number of hydrogen-bond acceptors (Lipinski definition) is 2. The van der Waals surface area contributed by atoms with Gasteiger partial charge in [0.25, 0.3) is 0 Å². The molecule has 0 unspecified atom stereocenters. The van der Waals surface area contributed by atoms with E-state index in [2.05, 4.69) is 13.5 Å². The molecule has 0 saturated heterocycles. The summed E-state index contributed by atoms with van der Waals surface area (Å²) >= 11 is 0. The van der Waals surface area contributed by atoms with Crippen LogP contribution in [0.4, 0.5) is 0 Å². The third-order valence-electron chi connectivity index (χ3n) is 3.42. The first-order valence-electron chi connectivity index (χ1n) is 8.01. The lowest BCUT2D eigenvalue weighted by Crippen LogP contribution is -2.01. The van der Waals surface area contributed by atoms with Gasteiger partial charge in [0, 0.05) is 6.92 Å². The largest absolute Gasteiger partial charge is 0.491 e. The summed E-state index contributed by atoms with van der Waals surface area (Å²) in [6.45, 7) is 7.95. The summed E-state index contributed by atoms with van der Waals surface area (Å²) in [6, 6.07) is 0. The lowest BCUT2D eigenvalue weighted by Gasteiger charge is -2.06. The molecular weight excluding hydrogens is 236 g/mol. The van der Waals surface area contributed by atoms with Crippen molar-refractivity contribution in [3.05, 3.63) is 12.3 Å². The molecule has 0 aliphatic carbocycles. The maximum absolute atomic E-state index is 10.9. The molecule has 0 amide bonds. The van der Waals surface area contributed by atoms with Crippen LogP contribution >= 0.6 is 0 Å². The summed E-state index contributed by atoms with van der Waals surface area (Å²) < 4.78 is 5.24. The Bertz CT molecular complexity index is 233. The van der Waals surface area contributed by atoms with Crippen LogP contribution in [0.1, 0.15) is 84.5 Å². The van der Waals surface area contributed by atoms with Crippen molar-refractivity contribution >= 4 is 5.78 Å². The Morgan fingerprint density at radius 3 is 1.68 bits per heavy atom. The number of ketones is 1. The molecule has 0 aliphatic rings. The second-order valence-electron chi connectivity index (χ2n) is 5.36. The van der Waals surface area contributed by atoms with E-state index in [1.807, 2.05) is 0 Å². The first-order chi connectivity index (χ1) is 9.18. The highest BCUT2D eigenvalue weighted by atomic mass is 16.5. The summed E-state index contributed by atoms with van der Waals surface area (Å²) in [4.78, 5) is 10.9. The average Bonchev–Trinajstić information content (AvgIpc) is 2.39. The molecule has 0 aromatic carbocycles. The number of ether oxygens (including phenoxy) is 1. The predicted molar refractivity (Wildman–Crippen MR) is 82.2 cm³/mol. The highest BCUT2D eigenvalue weighted by Crippen LogP contribution is 2.11. The van der Waals surface area contributed by atoms with Crippen LogP contribution in [0.15, 0.2) is 12.3 Å². The fraction of sp³-hybridized carbons (Fsp3) is 0.824. The van der Waals surface area contributed by atoms with Gasteiger partial charge in [-0.1, -0.05) is 77.7 Å². The van der Waals surface area contributed by atoms with Gasteiger partial charge in [-0.2, -0.15) is 0 Å². The Balaban J connectivity index is 3.07. The molecule has 0 rings (SSSR count). The predicted octanol–water partition coefficient (Wildman–Crippen LogP) is 5.42. The summed E-state index contributed by atoms with van der Waals surface area (Å²) in [6.07, 6.45) is 14.6. The number of carbonyl (C=O) groups excluding carboxylic acids is 1. The first kappa shape index (κ1) is 18.2. The molecule has 0 aromatic heterocycles. The van der Waals surface area contributed by atoms with E-state index in [0.29, 0.717) is 12.4 Å². The maximum Gasteiger partial charge on any atom is 0.193 e. The molecule has 0 saturated carbocycles. The van der Waals surface area contributed by atoms with Gasteiger partial charge in [0.2, 0.25) is 0 Å². The fourth-order valence-corrected chi connectivity index (χ4v) is 2.06. The minimum Gasteiger partial charge on any atom is -0.491 e. The van der Waals surface area contributed by atoms with Crippen LogP contribution in [0.5, 0.6) is 0 Å². The number of unbranched alkanes of at least 4 members (excludes halogenated alkanes) is 10. The summed E-state index contributed by atoms with van der Waals surface area (Å²) in [5.41, 5.74) is 0. The van der Waals surface area contributed by atoms with Crippen molar-refractivity contribution in [3.8, 4) is 0 Å². The second kappa shape index (κ2) is 13.6. The monoisotopic (exact) mass is 268 g/mol. The molecule has 0 fully saturated rings. The van der Waals surface area contributed by atoms with Gasteiger partial charge >= 0.3 is 0 Å². The molecule has 0 radical (unpaired) electrons. The lowest BCUT2D eigenvalue weighted by molar-refractivity contribution is -0.116. The molecule has 2 heteroatoms. The Kier molecular flexibility index (Phi) is 13.1. The zero-order valence-electron chi connectivity index (χ0n) is 13.0. The first-order valence-corrected chi connectivity index (χ1v) is 8.01. The maximum atomic E-state index is 10.9. The molecular formula is C17H32O2. The highest BCUT2D eigenvalue weighted by molar-refractivity contribution is 5.90. The number of allylic oxidation sites excluding steroid dienone is 1. The average molecular weight is 268 g/mol. The van der Waals surface area contributed by atoms with E-state index < -0.39 is 0 Å². The normalized spacial score (nSPS) is 10.4. The molecule has 0 atom stereocenters. The smallest absolute Gasteiger partial charge is 0.193 e. The van der Waals surface area contributed by atoms with Crippen molar-refractivity contribution in [3.63, 3.8) is 0 Å². The molecule has 19 heavy (non-hydrogen) atoms. The van der Waals surface area contributed by atoms with Crippen molar-refractivity contribution < 1.29 is 9.53 Å². The van der Waals surface area contributed by atoms with Crippen LogP contribution in [0.25, 0.3) is 0 Å². The third-order valence-corrected chi connectivity index (χ3v) is 3.42. The van der Waals surface area contributed by atoms with Crippen LogP contribution in [-0.4, -0.2) is 12.4 Å². The van der Waals surface area contributed by atoms with E-state index >= 15 is 0 Å². The van der Waals surface area contributed by atoms with Gasteiger partial charge in [0.1, 0.15) is 0 Å². The zero-order valence-corrected chi connectivity index (χ0v) is 13.0. The van der Waals surface area contributed by atoms with E-state index in [4.69, 9.17) is 4.74 Å². The Morgan fingerprint density at radius 2 is 1.26 bits per heavy atom. The van der Waals surface area contributed by atoms with Crippen LogP contribution in [0, 0.1) is 0 Å². The van der Waals surface area contributed by atoms with E-state index in [-0.39, 0.29) is 5.78 Å². The van der Waals surface area contributed by atoms with E-state index in [9.17, 15) is 4.79 Å². The summed E-state index contributed by atoms with van der Waals surface area (Å²) in [7, 11) is 0. The van der Waals surface area contributed by atoms with Gasteiger partial charge in [-0.05, 0) is 6.42 Å². The lowest BCUT2D eigenvalue weighted by atomic mass is 10.1. The van der Waals surface area contributed by atoms with E-state index in [0.717, 1.165) is 6.42 Å². The minimum absolute atomic E-state index is 0.0666. The van der Waals surface area contributed by atoms with Gasteiger partial charge in [0.15, 0.2) is 11.5 Å². The Morgan fingerprint density at radius 1 is 0.842 bits per heavy atom. The summed E-state index contributed by atoms with van der Waals surface area (Å²) in [5, 5.41) is 0. The van der Waals surface area contributed by atoms with Crippen molar-refractivity contribution in [1.82, 2.24) is 0 Å². The van der Waals surface area contributed by atoms with Crippen LogP contribution in [-0.2, 0) is 9.53 Å². The number of rotatable bonds is 14. The minimum atomic E-state index is -0.0666. The standard InChI is InChI=1S/C17H32O2/c1-4-5-6-7-8-9-10-11-12-13-14-15-19-17(3)16(2)18/h3-15H2,1-2H3. The van der Waals surface area contributed by atoms with Gasteiger partial charge in [0.05, 0.1) is 6.61 Å². The molecule has 0 aliphatic heterocycles. The van der Waals surface area contributed by atoms with E-state index in [1.165, 1.54) is 71.1 Å². The van der Waals surface area contributed by atoms with Crippen molar-refractivity contribution in [2.24, 2.45) is 0 Å². The second-order valence-corrected chi connectivity index (χ2v) is 5.36. The molecule has 0 spiro atoms. The van der Waals surface area contributed by atoms with Crippen molar-refractivity contribution in [2.45, 2.75) is 84.5 Å². The van der Waals surface area contributed by atoms with Gasteiger partial charge in [-0.3, -0.25) is 4.79 Å². The van der Waals surface area contributed by atoms with Crippen LogP contribution in [0.3, 0.4) is 0 Å². The molecule has 0 bridgehead atoms. The van der Waals surface area contributed by atoms with Crippen molar-refractivity contribution in [2.75, 3.05) is 6.61 Å². The zero-order chi connectivity index (χ0) is 14.3. The molecule has 0 N–H and O–H groups in total. The fourth-order valence-electron chi connectivity index (χ4n) is 2.06. The van der Waals surface area contributed by atoms with Crippen LogP contribution in [0.2, 0.25) is 0 Å². The van der Waals surface area contributed by atoms with Crippen molar-refractivity contribution in [1.29, 1.82) is 0 Å². The van der Waals surface area contributed by atoms with E-state index in [1.54, 1.807) is 0 Å². The molecule has 2 nitrogen and oxygen atoms in total. The Labute approximate surface area is 119 Å². The van der Waals surface area contributed by atoms with Gasteiger partial charge in [-0.15, -0.1) is 0 Å². The quantitative estimate of drug-likeness (QED) is 0.239. The van der Waals surface area contributed by atoms with Gasteiger partial charge in [-0.25, -0.2) is 0 Å². The molecule has 0 aromatic rings. The highest BCUT2D eigenvalue weighted by Gasteiger charge is 2.00. The molecule has 0 heterocycles. The number of hydrogen-bond donors (Lipinski definition) is 0. The summed E-state index contributed by atoms with van der Waals surface area (Å²) in [5.74, 6) is 0.232. The topological polar surface area (TPSA) is 26.3 Å². The van der Waals surface area contributed by atoms with Crippen LogP contribution < -0.4 is 0 Å². The number of Topliss-reactive ketones (excluding diaryl/α,β-unsaturated/α-hetero) is 1. The third kappa shape index (κ3) is 13.4. The van der Waals surface area contributed by atoms with Gasteiger partial charge < -0.3 is 4.74 Å².